The van der Waals surface area contributed by atoms with Gasteiger partial charge in [0.25, 0.3) is 0 Å². The number of rotatable bonds is 2. The van der Waals surface area contributed by atoms with E-state index in [0.29, 0.717) is 0 Å². The van der Waals surface area contributed by atoms with Gasteiger partial charge in [-0.3, -0.25) is 0 Å². The van der Waals surface area contributed by atoms with Gasteiger partial charge in [0.15, 0.2) is 0 Å². The molecular weight excluding hydrogens is 200 g/mol. The van der Waals surface area contributed by atoms with E-state index >= 15 is 0 Å². The van der Waals surface area contributed by atoms with E-state index in [1.54, 1.807) is 0 Å². The molecule has 1 aliphatic heterocycles. The van der Waals surface area contributed by atoms with Crippen LogP contribution in [0.15, 0.2) is 24.3 Å². The molecule has 16 heavy (non-hydrogen) atoms. The molecule has 2 nitrogen and oxygen atoms in total. The normalized spacial score (nSPS) is 16.8. The Labute approximate surface area is 96.9 Å². The van der Waals surface area contributed by atoms with E-state index in [4.69, 9.17) is 9.47 Å². The molecule has 0 bridgehead atoms. The minimum Gasteiger partial charge on any atom is -0.491 e. The van der Waals surface area contributed by atoms with Crippen molar-refractivity contribution in [2.75, 3.05) is 0 Å². The highest BCUT2D eigenvalue weighted by Gasteiger charge is 2.21. The van der Waals surface area contributed by atoms with Gasteiger partial charge < -0.3 is 9.47 Å². The zero-order valence-corrected chi connectivity index (χ0v) is 10.3. The molecule has 1 aliphatic rings. The Morgan fingerprint density at radius 2 is 2.00 bits per heavy atom. The maximum atomic E-state index is 5.87. The van der Waals surface area contributed by atoms with Crippen molar-refractivity contribution < 1.29 is 9.47 Å². The van der Waals surface area contributed by atoms with Crippen LogP contribution in [0.25, 0.3) is 6.08 Å². The summed E-state index contributed by atoms with van der Waals surface area (Å²) < 4.78 is 11.5. The Morgan fingerprint density at radius 3 is 2.69 bits per heavy atom. The minimum atomic E-state index is -0.233. The van der Waals surface area contributed by atoms with Gasteiger partial charge in [-0.15, -0.1) is 0 Å². The molecular formula is C14H18O2. The van der Waals surface area contributed by atoms with Crippen LogP contribution in [0.1, 0.15) is 33.3 Å². The van der Waals surface area contributed by atoms with E-state index in [1.165, 1.54) is 0 Å². The molecule has 0 aliphatic carbocycles. The summed E-state index contributed by atoms with van der Waals surface area (Å²) in [5, 5.41) is 0. The second kappa shape index (κ2) is 3.85. The Bertz CT molecular complexity index is 417. The molecule has 2 heteroatoms. The zero-order chi connectivity index (χ0) is 11.8. The summed E-state index contributed by atoms with van der Waals surface area (Å²) in [6.07, 6.45) is 4.35. The summed E-state index contributed by atoms with van der Waals surface area (Å²) in [4.78, 5) is 0. The van der Waals surface area contributed by atoms with E-state index in [0.717, 1.165) is 17.1 Å². The van der Waals surface area contributed by atoms with Crippen LogP contribution >= 0.6 is 0 Å². The van der Waals surface area contributed by atoms with Crippen molar-refractivity contribution >= 4 is 6.08 Å². The predicted molar refractivity (Wildman–Crippen MR) is 65.9 cm³/mol. The van der Waals surface area contributed by atoms with Gasteiger partial charge in [0.05, 0.1) is 6.10 Å². The van der Waals surface area contributed by atoms with Gasteiger partial charge in [-0.1, -0.05) is 6.08 Å². The summed E-state index contributed by atoms with van der Waals surface area (Å²) in [6, 6.07) is 5.96. The van der Waals surface area contributed by atoms with Gasteiger partial charge in [-0.05, 0) is 45.9 Å². The monoisotopic (exact) mass is 218 g/mol. The fourth-order valence-electron chi connectivity index (χ4n) is 1.69. The Morgan fingerprint density at radius 1 is 1.25 bits per heavy atom. The number of hydrogen-bond donors (Lipinski definition) is 0. The van der Waals surface area contributed by atoms with Gasteiger partial charge in [0.2, 0.25) is 0 Å². The maximum Gasteiger partial charge on any atom is 0.131 e. The molecule has 86 valence electrons. The lowest BCUT2D eigenvalue weighted by Crippen LogP contribution is -2.27. The number of fused-ring (bicyclic) bond motifs is 1. The first-order chi connectivity index (χ1) is 7.46. The molecule has 1 heterocycles. The molecule has 0 spiro atoms. The standard InChI is InChI=1S/C14H18O2/c1-10(2)15-12-6-5-11-7-8-14(3,4)16-13(11)9-12/h5-10H,1-4H3. The first-order valence-corrected chi connectivity index (χ1v) is 5.65. The van der Waals surface area contributed by atoms with Gasteiger partial charge in [-0.25, -0.2) is 0 Å². The van der Waals surface area contributed by atoms with Crippen LogP contribution in [-0.2, 0) is 0 Å². The molecule has 2 rings (SSSR count). The smallest absolute Gasteiger partial charge is 0.131 e. The van der Waals surface area contributed by atoms with E-state index in [2.05, 4.69) is 12.2 Å². The van der Waals surface area contributed by atoms with Gasteiger partial charge >= 0.3 is 0 Å². The molecule has 1 aromatic rings. The lowest BCUT2D eigenvalue weighted by molar-refractivity contribution is 0.157. The van der Waals surface area contributed by atoms with E-state index < -0.39 is 0 Å². The topological polar surface area (TPSA) is 18.5 Å². The molecule has 0 N–H and O–H groups in total. The second-order valence-electron chi connectivity index (χ2n) is 4.91. The summed E-state index contributed by atoms with van der Waals surface area (Å²) in [7, 11) is 0. The molecule has 0 saturated heterocycles. The molecule has 1 aromatic carbocycles. The van der Waals surface area contributed by atoms with Gasteiger partial charge in [0.1, 0.15) is 17.1 Å². The average Bonchev–Trinajstić information content (AvgIpc) is 2.14. The fourth-order valence-corrected chi connectivity index (χ4v) is 1.69. The maximum absolute atomic E-state index is 5.87. The van der Waals surface area contributed by atoms with Gasteiger partial charge in [-0.2, -0.15) is 0 Å². The predicted octanol–water partition coefficient (Wildman–Crippen LogP) is 3.66. The van der Waals surface area contributed by atoms with Crippen molar-refractivity contribution in [2.24, 2.45) is 0 Å². The molecule has 0 atom stereocenters. The van der Waals surface area contributed by atoms with Crippen molar-refractivity contribution in [3.63, 3.8) is 0 Å². The van der Waals surface area contributed by atoms with Crippen LogP contribution in [0.3, 0.4) is 0 Å². The molecule has 0 aromatic heterocycles. The number of ether oxygens (including phenoxy) is 2. The third kappa shape index (κ3) is 2.38. The SMILES string of the molecule is CC(C)Oc1ccc2c(c1)OC(C)(C)C=C2. The van der Waals surface area contributed by atoms with Crippen molar-refractivity contribution in [3.8, 4) is 11.5 Å². The zero-order valence-electron chi connectivity index (χ0n) is 10.3. The first kappa shape index (κ1) is 11.1. The Kier molecular flexibility index (Phi) is 2.66. The third-order valence-electron chi connectivity index (χ3n) is 2.39. The van der Waals surface area contributed by atoms with Crippen LogP contribution < -0.4 is 9.47 Å². The number of benzene rings is 1. The molecule has 0 radical (unpaired) electrons. The fraction of sp³-hybridized carbons (Fsp3) is 0.429. The first-order valence-electron chi connectivity index (χ1n) is 5.65. The second-order valence-corrected chi connectivity index (χ2v) is 4.91. The summed E-state index contributed by atoms with van der Waals surface area (Å²) in [5.41, 5.74) is 0.874. The van der Waals surface area contributed by atoms with Crippen molar-refractivity contribution in [2.45, 2.75) is 39.4 Å². The molecule has 0 amide bonds. The lowest BCUT2D eigenvalue weighted by Gasteiger charge is -2.28. The van der Waals surface area contributed by atoms with Crippen LogP contribution in [0.5, 0.6) is 11.5 Å². The quantitative estimate of drug-likeness (QED) is 0.754. The van der Waals surface area contributed by atoms with E-state index in [9.17, 15) is 0 Å². The average molecular weight is 218 g/mol. The Hall–Kier alpha value is -1.44. The summed E-state index contributed by atoms with van der Waals surface area (Å²) in [5.74, 6) is 1.76. The highest BCUT2D eigenvalue weighted by molar-refractivity contribution is 5.62. The number of hydrogen-bond acceptors (Lipinski definition) is 2. The largest absolute Gasteiger partial charge is 0.491 e. The highest BCUT2D eigenvalue weighted by Crippen LogP contribution is 2.33. The van der Waals surface area contributed by atoms with Crippen LogP contribution in [0, 0.1) is 0 Å². The highest BCUT2D eigenvalue weighted by atomic mass is 16.5. The summed E-state index contributed by atoms with van der Waals surface area (Å²) >= 11 is 0. The van der Waals surface area contributed by atoms with Crippen LogP contribution in [-0.4, -0.2) is 11.7 Å². The van der Waals surface area contributed by atoms with Crippen LogP contribution in [0.2, 0.25) is 0 Å². The van der Waals surface area contributed by atoms with Crippen molar-refractivity contribution in [1.29, 1.82) is 0 Å². The van der Waals surface area contributed by atoms with Crippen molar-refractivity contribution in [1.82, 2.24) is 0 Å². The molecule has 0 saturated carbocycles. The minimum absolute atomic E-state index is 0.185. The molecule has 0 fully saturated rings. The third-order valence-corrected chi connectivity index (χ3v) is 2.39. The van der Waals surface area contributed by atoms with E-state index in [1.807, 2.05) is 45.9 Å². The summed E-state index contributed by atoms with van der Waals surface area (Å²) in [6.45, 7) is 8.12. The Balaban J connectivity index is 2.29. The van der Waals surface area contributed by atoms with Crippen molar-refractivity contribution in [3.05, 3.63) is 29.8 Å². The van der Waals surface area contributed by atoms with Gasteiger partial charge in [0, 0.05) is 11.6 Å². The lowest BCUT2D eigenvalue weighted by atomic mass is 10.0. The van der Waals surface area contributed by atoms with E-state index in [-0.39, 0.29) is 11.7 Å². The van der Waals surface area contributed by atoms with Crippen LogP contribution in [0.4, 0.5) is 0 Å². The molecule has 0 unspecified atom stereocenters.